The van der Waals surface area contributed by atoms with Gasteiger partial charge in [0, 0.05) is 34.1 Å². The summed E-state index contributed by atoms with van der Waals surface area (Å²) in [5.41, 5.74) is 14.0. The maximum atomic E-state index is 11.9. The van der Waals surface area contributed by atoms with Gasteiger partial charge >= 0.3 is 0 Å². The van der Waals surface area contributed by atoms with Crippen molar-refractivity contribution in [1.82, 2.24) is 9.13 Å². The molecule has 0 amide bonds. The molecule has 0 radical (unpaired) electrons. The van der Waals surface area contributed by atoms with Crippen LogP contribution in [-0.2, 0) is 19.7 Å². The summed E-state index contributed by atoms with van der Waals surface area (Å²) in [4.78, 5) is 0.531. The highest BCUT2D eigenvalue weighted by atomic mass is 32.2. The number of nitrogens with zero attached hydrogens (tertiary/aromatic N) is 4. The first-order chi connectivity index (χ1) is 30.0. The molecule has 2 N–H and O–H groups in total. The van der Waals surface area contributed by atoms with Crippen molar-refractivity contribution in [2.24, 2.45) is 10.2 Å². The fourth-order valence-electron chi connectivity index (χ4n) is 8.42. The normalized spacial score (nSPS) is 12.6. The minimum absolute atomic E-state index is 0.0253. The third kappa shape index (κ3) is 9.31. The van der Waals surface area contributed by atoms with Gasteiger partial charge < -0.3 is 9.13 Å². The highest BCUT2D eigenvalue weighted by Gasteiger charge is 2.24. The van der Waals surface area contributed by atoms with Crippen LogP contribution in [0.5, 0.6) is 0 Å². The van der Waals surface area contributed by atoms with Crippen LogP contribution in [-0.4, -0.2) is 50.9 Å². The van der Waals surface area contributed by atoms with Gasteiger partial charge in [-0.05, 0) is 109 Å². The third-order valence-electron chi connectivity index (χ3n) is 11.5. The van der Waals surface area contributed by atoms with E-state index < -0.39 is 19.7 Å². The van der Waals surface area contributed by atoms with E-state index in [2.05, 4.69) is 122 Å². The van der Waals surface area contributed by atoms with Crippen molar-refractivity contribution in [3.63, 3.8) is 0 Å². The highest BCUT2D eigenvalue weighted by molar-refractivity contribution is 7.91. The van der Waals surface area contributed by atoms with Crippen molar-refractivity contribution in [2.75, 3.05) is 23.4 Å². The number of benzene rings is 6. The largest absolute Gasteiger partial charge is 0.319 e. The lowest BCUT2D eigenvalue weighted by molar-refractivity contribution is 0.418. The Hall–Kier alpha value is -6.24. The quantitative estimate of drug-likeness (QED) is 0.0502. The number of sulfone groups is 2. The van der Waals surface area contributed by atoms with E-state index in [4.69, 9.17) is 0 Å². The number of nitrogens with one attached hydrogen (secondary N) is 2. The first kappa shape index (κ1) is 42.5. The number of rotatable bonds is 18. The van der Waals surface area contributed by atoms with Crippen LogP contribution in [0.3, 0.4) is 0 Å². The lowest BCUT2D eigenvalue weighted by Gasteiger charge is -2.26. The second-order valence-electron chi connectivity index (χ2n) is 16.1. The summed E-state index contributed by atoms with van der Waals surface area (Å²) in [6.45, 7) is 2.26. The molecule has 0 spiro atoms. The van der Waals surface area contributed by atoms with Crippen LogP contribution < -0.4 is 10.9 Å². The molecule has 0 unspecified atom stereocenters. The van der Waals surface area contributed by atoms with Crippen LogP contribution in [0.25, 0.3) is 43.6 Å². The molecule has 8 aromatic rings. The number of aromatic nitrogens is 2. The minimum atomic E-state index is -3.28. The van der Waals surface area contributed by atoms with Crippen LogP contribution in [0.15, 0.2) is 153 Å². The Bertz CT molecular complexity index is 2950. The van der Waals surface area contributed by atoms with E-state index in [0.717, 1.165) is 45.8 Å². The maximum Gasteiger partial charge on any atom is 0.175 e. The zero-order valence-corrected chi connectivity index (χ0v) is 37.0. The van der Waals surface area contributed by atoms with Crippen molar-refractivity contribution in [3.05, 3.63) is 145 Å². The molecule has 8 rings (SSSR count). The van der Waals surface area contributed by atoms with E-state index in [9.17, 15) is 16.8 Å². The zero-order chi connectivity index (χ0) is 43.3. The first-order valence-corrected chi connectivity index (χ1v) is 25.0. The molecule has 0 saturated heterocycles. The Morgan fingerprint density at radius 3 is 1.34 bits per heavy atom. The van der Waals surface area contributed by atoms with E-state index >= 15 is 0 Å². The molecule has 2 aromatic heterocycles. The van der Waals surface area contributed by atoms with E-state index in [1.54, 1.807) is 61.0 Å². The van der Waals surface area contributed by atoms with Crippen LogP contribution in [0.2, 0.25) is 0 Å². The van der Waals surface area contributed by atoms with Gasteiger partial charge in [0.2, 0.25) is 0 Å². The molecule has 318 valence electrons. The van der Waals surface area contributed by atoms with Crippen molar-refractivity contribution in [1.29, 1.82) is 0 Å². The summed E-state index contributed by atoms with van der Waals surface area (Å²) in [7, 11) is -6.56. The van der Waals surface area contributed by atoms with Gasteiger partial charge in [0.25, 0.3) is 0 Å². The van der Waals surface area contributed by atoms with Gasteiger partial charge in [0.05, 0.1) is 55.7 Å². The Labute approximate surface area is 363 Å². The predicted molar refractivity (Wildman–Crippen MR) is 257 cm³/mol. The average molecular weight is 865 g/mol. The fourth-order valence-corrected chi connectivity index (χ4v) is 9.68. The monoisotopic (exact) mass is 864 g/mol. The second kappa shape index (κ2) is 18.4. The molecule has 0 aliphatic rings. The highest BCUT2D eigenvalue weighted by Crippen LogP contribution is 2.40. The van der Waals surface area contributed by atoms with Crippen LogP contribution >= 0.6 is 0 Å². The van der Waals surface area contributed by atoms with Gasteiger partial charge in [-0.25, -0.2) is 16.8 Å². The summed E-state index contributed by atoms with van der Waals surface area (Å²) < 4.78 is 52.7. The topological polar surface area (TPSA) is 127 Å². The first-order valence-electron chi connectivity index (χ1n) is 21.2. The van der Waals surface area contributed by atoms with Crippen molar-refractivity contribution < 1.29 is 16.8 Å². The van der Waals surface area contributed by atoms with Crippen LogP contribution in [0.1, 0.15) is 75.6 Å². The van der Waals surface area contributed by atoms with Gasteiger partial charge in [0.1, 0.15) is 6.17 Å². The van der Waals surface area contributed by atoms with Gasteiger partial charge in [-0.3, -0.25) is 10.9 Å². The molecule has 0 saturated carbocycles. The second-order valence-corrected chi connectivity index (χ2v) is 20.1. The van der Waals surface area contributed by atoms with Gasteiger partial charge in [-0.15, -0.1) is 0 Å². The molecule has 2 heterocycles. The summed E-state index contributed by atoms with van der Waals surface area (Å²) in [6, 6.07) is 43.5. The Morgan fingerprint density at radius 2 is 0.903 bits per heavy atom. The minimum Gasteiger partial charge on any atom is -0.319 e. The van der Waals surface area contributed by atoms with Gasteiger partial charge in [-0.1, -0.05) is 94.0 Å². The molecule has 6 aromatic carbocycles. The summed E-state index contributed by atoms with van der Waals surface area (Å²) >= 11 is 0. The molecule has 0 aliphatic heterocycles. The number of para-hydroxylation sites is 2. The van der Waals surface area contributed by atoms with Gasteiger partial charge in [-0.2, -0.15) is 10.2 Å². The van der Waals surface area contributed by atoms with Crippen LogP contribution in [0, 0.1) is 0 Å². The standard InChI is InChI=1S/C50H52N6O4S2/c1-4-5-6-7-8-9-10-19-50(55-46-17-13-11-15-42(46)44-32-36(20-30-48(44)55)34-51-53-38-22-26-40(27-23-38)61(2,57)58)56-47-18-14-12-16-43(47)45-33-37(21-31-49(45)56)35-52-54-39-24-28-41(29-25-39)62(3,59)60/h11-18,20-35,50,53-54H,4-10,19H2,1-3H3/b51-34+,52-35+. The SMILES string of the molecule is CCCCCCCCCC(n1c2ccccc2c2cc(/C=N/Nc3ccc(S(C)(=O)=O)cc3)ccc21)n1c2ccccc2c2cc(/C=N/Nc3ccc(S(C)(=O)=O)cc3)ccc21. The zero-order valence-electron chi connectivity index (χ0n) is 35.3. The number of fused-ring (bicyclic) bond motifs is 6. The molecular weight excluding hydrogens is 813 g/mol. The fraction of sp³-hybridized carbons (Fsp3) is 0.240. The van der Waals surface area contributed by atoms with Crippen LogP contribution in [0.4, 0.5) is 11.4 Å². The summed E-state index contributed by atoms with van der Waals surface area (Å²) in [5, 5.41) is 13.6. The number of unbranched alkanes of at least 4 members (excludes halogenated alkanes) is 6. The maximum absolute atomic E-state index is 11.9. The van der Waals surface area contributed by atoms with Crippen molar-refractivity contribution >= 4 is 87.1 Å². The smallest absolute Gasteiger partial charge is 0.175 e. The Kier molecular flexibility index (Phi) is 12.6. The Balaban J connectivity index is 1.16. The molecule has 10 nitrogen and oxygen atoms in total. The van der Waals surface area contributed by atoms with Crippen molar-refractivity contribution in [3.8, 4) is 0 Å². The number of anilines is 2. The lowest BCUT2D eigenvalue weighted by atomic mass is 10.1. The molecule has 62 heavy (non-hydrogen) atoms. The lowest BCUT2D eigenvalue weighted by Crippen LogP contribution is -2.18. The van der Waals surface area contributed by atoms with Crippen molar-refractivity contribution in [2.45, 2.75) is 74.2 Å². The number of hydrogen-bond acceptors (Lipinski definition) is 8. The van der Waals surface area contributed by atoms with Gasteiger partial charge in [0.15, 0.2) is 19.7 Å². The van der Waals surface area contributed by atoms with E-state index in [-0.39, 0.29) is 16.0 Å². The molecular formula is C50H52N6O4S2. The average Bonchev–Trinajstić information content (AvgIpc) is 3.77. The van der Waals surface area contributed by atoms with E-state index in [0.29, 0.717) is 11.4 Å². The molecule has 12 heteroatoms. The molecule has 0 bridgehead atoms. The number of hydrazone groups is 2. The molecule has 0 aliphatic carbocycles. The summed E-state index contributed by atoms with van der Waals surface area (Å²) in [5.74, 6) is 0. The third-order valence-corrected chi connectivity index (χ3v) is 13.8. The number of hydrogen-bond donors (Lipinski definition) is 2. The van der Waals surface area contributed by atoms with E-state index in [1.807, 2.05) is 0 Å². The molecule has 0 atom stereocenters. The van der Waals surface area contributed by atoms with E-state index in [1.165, 1.54) is 72.8 Å². The predicted octanol–water partition coefficient (Wildman–Crippen LogP) is 11.8. The summed E-state index contributed by atoms with van der Waals surface area (Å²) in [6.07, 6.45) is 15.5. The molecule has 0 fully saturated rings. The Morgan fingerprint density at radius 1 is 0.500 bits per heavy atom.